The van der Waals surface area contributed by atoms with E-state index < -0.39 is 5.97 Å². The first-order valence-corrected chi connectivity index (χ1v) is 7.73. The molecule has 0 aliphatic rings. The highest BCUT2D eigenvalue weighted by molar-refractivity contribution is 6.30. The predicted molar refractivity (Wildman–Crippen MR) is 88.6 cm³/mol. The molecule has 0 atom stereocenters. The van der Waals surface area contributed by atoms with E-state index >= 15 is 0 Å². The van der Waals surface area contributed by atoms with Gasteiger partial charge in [-0.15, -0.1) is 0 Å². The molecule has 3 aromatic rings. The molecule has 0 unspecified atom stereocenters. The van der Waals surface area contributed by atoms with Crippen molar-refractivity contribution in [3.63, 3.8) is 0 Å². The van der Waals surface area contributed by atoms with Crippen LogP contribution in [0.1, 0.15) is 5.69 Å². The summed E-state index contributed by atoms with van der Waals surface area (Å²) in [5.41, 5.74) is 1.12. The summed E-state index contributed by atoms with van der Waals surface area (Å²) < 4.78 is 28.4. The fourth-order valence-corrected chi connectivity index (χ4v) is 2.13. The van der Waals surface area contributed by atoms with Crippen LogP contribution in [0.2, 0.25) is 5.02 Å². The number of ether oxygens (including phenoxy) is 2. The number of halogens is 2. The van der Waals surface area contributed by atoms with Gasteiger partial charge in [-0.2, -0.15) is 0 Å². The highest BCUT2D eigenvalue weighted by atomic mass is 35.5. The molecule has 0 bridgehead atoms. The Bertz CT molecular complexity index is 846. The lowest BCUT2D eigenvalue weighted by molar-refractivity contribution is -0.147. The van der Waals surface area contributed by atoms with Crippen molar-refractivity contribution in [3.05, 3.63) is 71.1 Å². The van der Waals surface area contributed by atoms with Crippen LogP contribution >= 0.6 is 11.6 Å². The third kappa shape index (κ3) is 4.81. The summed E-state index contributed by atoms with van der Waals surface area (Å²) in [5, 5.41) is 4.39. The average Bonchev–Trinajstić information content (AvgIpc) is 3.09. The molecule has 1 aromatic heterocycles. The van der Waals surface area contributed by atoms with Crippen LogP contribution < -0.4 is 4.74 Å². The number of aromatic nitrogens is 1. The van der Waals surface area contributed by atoms with E-state index in [9.17, 15) is 9.18 Å². The number of nitrogens with zero attached hydrogens (tertiary/aromatic N) is 1. The Hall–Kier alpha value is -2.86. The maximum atomic E-state index is 12.9. The Morgan fingerprint density at radius 1 is 1.12 bits per heavy atom. The Morgan fingerprint density at radius 2 is 1.84 bits per heavy atom. The lowest BCUT2D eigenvalue weighted by Crippen LogP contribution is -2.14. The van der Waals surface area contributed by atoms with Crippen LogP contribution in [0.3, 0.4) is 0 Å². The Morgan fingerprint density at radius 3 is 2.56 bits per heavy atom. The molecule has 7 heteroatoms. The van der Waals surface area contributed by atoms with Crippen molar-refractivity contribution in [3.8, 4) is 17.1 Å². The Balaban J connectivity index is 1.49. The molecule has 0 spiro atoms. The zero-order chi connectivity index (χ0) is 17.6. The largest absolute Gasteiger partial charge is 0.482 e. The van der Waals surface area contributed by atoms with Crippen LogP contribution in [0.25, 0.3) is 11.3 Å². The van der Waals surface area contributed by atoms with Gasteiger partial charge in [-0.25, -0.2) is 9.18 Å². The molecule has 0 fully saturated rings. The number of carbonyl (C=O) groups is 1. The zero-order valence-corrected chi connectivity index (χ0v) is 13.7. The van der Waals surface area contributed by atoms with Gasteiger partial charge in [-0.05, 0) is 48.5 Å². The number of esters is 1. The van der Waals surface area contributed by atoms with Crippen molar-refractivity contribution in [1.29, 1.82) is 0 Å². The predicted octanol–water partition coefficient (Wildman–Crippen LogP) is 4.26. The smallest absolute Gasteiger partial charge is 0.344 e. The molecular weight excluding hydrogens is 349 g/mol. The molecule has 5 nitrogen and oxygen atoms in total. The molecule has 1 heterocycles. The molecule has 0 saturated carbocycles. The molecule has 3 rings (SSSR count). The number of rotatable bonds is 6. The summed E-state index contributed by atoms with van der Waals surface area (Å²) in [6.07, 6.45) is 0. The molecule has 0 amide bonds. The van der Waals surface area contributed by atoms with Crippen molar-refractivity contribution in [2.24, 2.45) is 0 Å². The van der Waals surface area contributed by atoms with Gasteiger partial charge in [0.2, 0.25) is 0 Å². The van der Waals surface area contributed by atoms with Gasteiger partial charge in [0.1, 0.15) is 23.9 Å². The summed E-state index contributed by atoms with van der Waals surface area (Å²) in [6, 6.07) is 14.1. The quantitative estimate of drug-likeness (QED) is 0.614. The second kappa shape index (κ2) is 7.81. The molecule has 0 aliphatic heterocycles. The molecule has 0 radical (unpaired) electrons. The van der Waals surface area contributed by atoms with E-state index in [1.54, 1.807) is 42.5 Å². The Kier molecular flexibility index (Phi) is 5.30. The summed E-state index contributed by atoms with van der Waals surface area (Å²) in [5.74, 6) is 0.101. The number of benzene rings is 2. The van der Waals surface area contributed by atoms with Gasteiger partial charge in [-0.1, -0.05) is 16.8 Å². The SMILES string of the molecule is O=C(COc1ccc(Cl)cc1)OCc1cc(-c2ccc(F)cc2)on1. The highest BCUT2D eigenvalue weighted by Crippen LogP contribution is 2.21. The monoisotopic (exact) mass is 361 g/mol. The topological polar surface area (TPSA) is 61.6 Å². The van der Waals surface area contributed by atoms with Gasteiger partial charge in [-0.3, -0.25) is 0 Å². The van der Waals surface area contributed by atoms with Gasteiger partial charge in [0.05, 0.1) is 0 Å². The van der Waals surface area contributed by atoms with E-state index in [1.807, 2.05) is 0 Å². The van der Waals surface area contributed by atoms with Gasteiger partial charge in [0, 0.05) is 16.7 Å². The number of hydrogen-bond acceptors (Lipinski definition) is 5. The van der Waals surface area contributed by atoms with E-state index in [0.29, 0.717) is 27.8 Å². The molecule has 0 N–H and O–H groups in total. The van der Waals surface area contributed by atoms with E-state index in [0.717, 1.165) is 0 Å². The van der Waals surface area contributed by atoms with Crippen molar-refractivity contribution in [2.75, 3.05) is 6.61 Å². The Labute approximate surface area is 147 Å². The van der Waals surface area contributed by atoms with Crippen LogP contribution in [0, 0.1) is 5.82 Å². The minimum absolute atomic E-state index is 0.0481. The summed E-state index contributed by atoms with van der Waals surface area (Å²) in [6.45, 7) is -0.280. The number of carbonyl (C=O) groups excluding carboxylic acids is 1. The van der Waals surface area contributed by atoms with Crippen LogP contribution in [0.15, 0.2) is 59.1 Å². The maximum absolute atomic E-state index is 12.9. The first-order valence-electron chi connectivity index (χ1n) is 7.36. The summed E-state index contributed by atoms with van der Waals surface area (Å²) in [4.78, 5) is 11.7. The maximum Gasteiger partial charge on any atom is 0.344 e. The van der Waals surface area contributed by atoms with Crippen molar-refractivity contribution in [1.82, 2.24) is 5.16 Å². The second-order valence-electron chi connectivity index (χ2n) is 5.09. The fourth-order valence-electron chi connectivity index (χ4n) is 2.00. The van der Waals surface area contributed by atoms with Crippen LogP contribution in [-0.2, 0) is 16.1 Å². The normalized spacial score (nSPS) is 10.5. The molecule has 25 heavy (non-hydrogen) atoms. The van der Waals surface area contributed by atoms with Gasteiger partial charge in [0.25, 0.3) is 0 Å². The van der Waals surface area contributed by atoms with E-state index in [2.05, 4.69) is 5.16 Å². The van der Waals surface area contributed by atoms with Crippen molar-refractivity contribution in [2.45, 2.75) is 6.61 Å². The van der Waals surface area contributed by atoms with Crippen molar-refractivity contribution < 1.29 is 23.2 Å². The first kappa shape index (κ1) is 17.0. The van der Waals surface area contributed by atoms with E-state index in [4.69, 9.17) is 25.6 Å². The van der Waals surface area contributed by atoms with Crippen LogP contribution in [-0.4, -0.2) is 17.7 Å². The number of hydrogen-bond donors (Lipinski definition) is 0. The zero-order valence-electron chi connectivity index (χ0n) is 12.9. The highest BCUT2D eigenvalue weighted by Gasteiger charge is 2.10. The molecule has 0 saturated heterocycles. The van der Waals surface area contributed by atoms with Crippen LogP contribution in [0.5, 0.6) is 5.75 Å². The minimum atomic E-state index is -0.540. The van der Waals surface area contributed by atoms with E-state index in [1.165, 1.54) is 12.1 Å². The lowest BCUT2D eigenvalue weighted by atomic mass is 10.1. The molecule has 2 aromatic carbocycles. The van der Waals surface area contributed by atoms with Gasteiger partial charge < -0.3 is 14.0 Å². The lowest BCUT2D eigenvalue weighted by Gasteiger charge is -2.05. The molecule has 0 aliphatic carbocycles. The second-order valence-corrected chi connectivity index (χ2v) is 5.53. The third-order valence-electron chi connectivity index (χ3n) is 3.24. The van der Waals surface area contributed by atoms with Crippen molar-refractivity contribution >= 4 is 17.6 Å². The average molecular weight is 362 g/mol. The van der Waals surface area contributed by atoms with Crippen LogP contribution in [0.4, 0.5) is 4.39 Å². The molecular formula is C18H13ClFNO4. The van der Waals surface area contributed by atoms with Gasteiger partial charge >= 0.3 is 5.97 Å². The minimum Gasteiger partial charge on any atom is -0.482 e. The summed E-state index contributed by atoms with van der Waals surface area (Å²) in [7, 11) is 0. The van der Waals surface area contributed by atoms with Gasteiger partial charge in [0.15, 0.2) is 12.4 Å². The standard InChI is InChI=1S/C18H13ClFNO4/c19-13-3-7-16(8-4-13)23-11-18(22)24-10-15-9-17(25-21-15)12-1-5-14(20)6-2-12/h1-9H,10-11H2. The summed E-state index contributed by atoms with van der Waals surface area (Å²) >= 11 is 5.76. The fraction of sp³-hybridized carbons (Fsp3) is 0.111. The molecule has 128 valence electrons. The third-order valence-corrected chi connectivity index (χ3v) is 3.49. The van der Waals surface area contributed by atoms with E-state index in [-0.39, 0.29) is 19.0 Å². The first-order chi connectivity index (χ1) is 12.1.